The lowest BCUT2D eigenvalue weighted by atomic mass is 10.2. The zero-order valence-electron chi connectivity index (χ0n) is 10.9. The van der Waals surface area contributed by atoms with Gasteiger partial charge < -0.3 is 4.90 Å². The fraction of sp³-hybridized carbons (Fsp3) is 0.385. The molecule has 0 aliphatic carbocycles. The van der Waals surface area contributed by atoms with Crippen molar-refractivity contribution in [3.63, 3.8) is 0 Å². The minimum atomic E-state index is 0.691. The van der Waals surface area contributed by atoms with E-state index in [1.54, 1.807) is 16.0 Å². The number of carbonyl (C=O) groups excluding carboxylic acids is 1. The van der Waals surface area contributed by atoms with Crippen molar-refractivity contribution in [1.29, 1.82) is 0 Å². The molecule has 18 heavy (non-hydrogen) atoms. The van der Waals surface area contributed by atoms with Crippen LogP contribution in [-0.2, 0) is 13.6 Å². The Kier molecular flexibility index (Phi) is 3.81. The minimum Gasteiger partial charge on any atom is -0.351 e. The number of aromatic nitrogens is 2. The third-order valence-electron chi connectivity index (χ3n) is 2.96. The Morgan fingerprint density at radius 3 is 2.89 bits per heavy atom. The van der Waals surface area contributed by atoms with E-state index < -0.39 is 0 Å². The van der Waals surface area contributed by atoms with E-state index in [0.29, 0.717) is 5.56 Å². The molecule has 0 amide bonds. The number of carbonyl (C=O) groups is 1. The van der Waals surface area contributed by atoms with Gasteiger partial charge in [0.2, 0.25) is 0 Å². The largest absolute Gasteiger partial charge is 0.351 e. The van der Waals surface area contributed by atoms with Crippen molar-refractivity contribution in [1.82, 2.24) is 9.78 Å². The predicted molar refractivity (Wildman–Crippen MR) is 74.4 cm³/mol. The van der Waals surface area contributed by atoms with Crippen molar-refractivity contribution in [2.24, 2.45) is 7.05 Å². The van der Waals surface area contributed by atoms with Crippen LogP contribution in [0.15, 0.2) is 17.5 Å². The highest BCUT2D eigenvalue weighted by molar-refractivity contribution is 7.09. The van der Waals surface area contributed by atoms with Crippen LogP contribution in [0.3, 0.4) is 0 Å². The lowest BCUT2D eigenvalue weighted by Gasteiger charge is -2.22. The molecule has 2 aromatic rings. The SMILES string of the molecule is CCN(Cc1cccs1)c1c(C=O)c(C)nn1C. The van der Waals surface area contributed by atoms with E-state index in [9.17, 15) is 4.79 Å². The van der Waals surface area contributed by atoms with E-state index >= 15 is 0 Å². The summed E-state index contributed by atoms with van der Waals surface area (Å²) in [5.74, 6) is 0.901. The van der Waals surface area contributed by atoms with Gasteiger partial charge in [0.15, 0.2) is 6.29 Å². The second kappa shape index (κ2) is 5.35. The van der Waals surface area contributed by atoms with E-state index in [1.807, 2.05) is 20.0 Å². The summed E-state index contributed by atoms with van der Waals surface area (Å²) in [5.41, 5.74) is 1.48. The fourth-order valence-electron chi connectivity index (χ4n) is 2.10. The van der Waals surface area contributed by atoms with Crippen LogP contribution in [0.4, 0.5) is 5.82 Å². The van der Waals surface area contributed by atoms with Gasteiger partial charge in [-0.05, 0) is 25.3 Å². The van der Waals surface area contributed by atoms with Gasteiger partial charge in [0.1, 0.15) is 5.82 Å². The molecule has 0 unspecified atom stereocenters. The number of rotatable bonds is 5. The topological polar surface area (TPSA) is 38.1 Å². The van der Waals surface area contributed by atoms with Crippen molar-refractivity contribution >= 4 is 23.4 Å². The monoisotopic (exact) mass is 263 g/mol. The molecule has 5 heteroatoms. The van der Waals surface area contributed by atoms with E-state index in [1.165, 1.54) is 4.88 Å². The maximum atomic E-state index is 11.2. The van der Waals surface area contributed by atoms with Gasteiger partial charge >= 0.3 is 0 Å². The summed E-state index contributed by atoms with van der Waals surface area (Å²) in [6.07, 6.45) is 0.898. The minimum absolute atomic E-state index is 0.691. The molecule has 0 N–H and O–H groups in total. The highest BCUT2D eigenvalue weighted by atomic mass is 32.1. The number of nitrogens with zero attached hydrogens (tertiary/aromatic N) is 3. The summed E-state index contributed by atoms with van der Waals surface area (Å²) in [6.45, 7) is 5.61. The Labute approximate surface area is 111 Å². The fourth-order valence-corrected chi connectivity index (χ4v) is 2.82. The van der Waals surface area contributed by atoms with Crippen LogP contribution < -0.4 is 4.90 Å². The molecule has 0 atom stereocenters. The zero-order valence-corrected chi connectivity index (χ0v) is 11.7. The van der Waals surface area contributed by atoms with Crippen LogP contribution in [0.5, 0.6) is 0 Å². The second-order valence-electron chi connectivity index (χ2n) is 4.16. The van der Waals surface area contributed by atoms with E-state index in [0.717, 1.165) is 30.9 Å². The second-order valence-corrected chi connectivity index (χ2v) is 5.19. The van der Waals surface area contributed by atoms with Crippen LogP contribution in [0.25, 0.3) is 0 Å². The third kappa shape index (κ3) is 2.31. The highest BCUT2D eigenvalue weighted by Gasteiger charge is 2.18. The number of hydrogen-bond donors (Lipinski definition) is 0. The normalized spacial score (nSPS) is 10.6. The van der Waals surface area contributed by atoms with Gasteiger partial charge in [0, 0.05) is 18.5 Å². The van der Waals surface area contributed by atoms with Crippen molar-refractivity contribution in [3.05, 3.63) is 33.6 Å². The predicted octanol–water partition coefficient (Wildman–Crippen LogP) is 2.63. The quantitative estimate of drug-likeness (QED) is 0.778. The number of aldehydes is 1. The van der Waals surface area contributed by atoms with Crippen LogP contribution in [-0.4, -0.2) is 22.6 Å². The van der Waals surface area contributed by atoms with Crippen molar-refractivity contribution < 1.29 is 4.79 Å². The molecule has 0 saturated carbocycles. The van der Waals surface area contributed by atoms with Crippen LogP contribution in [0, 0.1) is 6.92 Å². The summed E-state index contributed by atoms with van der Waals surface area (Å²) < 4.78 is 1.79. The van der Waals surface area contributed by atoms with Gasteiger partial charge in [0.25, 0.3) is 0 Å². The summed E-state index contributed by atoms with van der Waals surface area (Å²) in [7, 11) is 1.88. The van der Waals surface area contributed by atoms with Crippen LogP contribution >= 0.6 is 11.3 Å². The molecular weight excluding hydrogens is 246 g/mol. The van der Waals surface area contributed by atoms with Crippen molar-refractivity contribution in [2.75, 3.05) is 11.4 Å². The number of anilines is 1. The molecular formula is C13H17N3OS. The van der Waals surface area contributed by atoms with E-state index in [4.69, 9.17) is 0 Å². The smallest absolute Gasteiger partial charge is 0.155 e. The van der Waals surface area contributed by atoms with Crippen LogP contribution in [0.1, 0.15) is 27.9 Å². The Morgan fingerprint density at radius 2 is 2.33 bits per heavy atom. The molecule has 4 nitrogen and oxygen atoms in total. The Balaban J connectivity index is 2.35. The summed E-state index contributed by atoms with van der Waals surface area (Å²) in [4.78, 5) is 14.7. The van der Waals surface area contributed by atoms with Gasteiger partial charge in [0.05, 0.1) is 17.8 Å². The third-order valence-corrected chi connectivity index (χ3v) is 3.82. The molecule has 96 valence electrons. The average molecular weight is 263 g/mol. The van der Waals surface area contributed by atoms with Gasteiger partial charge in [-0.1, -0.05) is 6.07 Å². The number of aryl methyl sites for hydroxylation is 2. The molecule has 2 heterocycles. The molecule has 0 saturated heterocycles. The molecule has 0 radical (unpaired) electrons. The first kappa shape index (κ1) is 12.8. The summed E-state index contributed by atoms with van der Waals surface area (Å²) in [5, 5.41) is 6.39. The number of thiophene rings is 1. The van der Waals surface area contributed by atoms with Crippen molar-refractivity contribution in [3.8, 4) is 0 Å². The lowest BCUT2D eigenvalue weighted by molar-refractivity contribution is 0.112. The average Bonchev–Trinajstić information content (AvgIpc) is 2.94. The van der Waals surface area contributed by atoms with Crippen molar-refractivity contribution in [2.45, 2.75) is 20.4 Å². The van der Waals surface area contributed by atoms with Gasteiger partial charge in [-0.2, -0.15) is 5.10 Å². The van der Waals surface area contributed by atoms with E-state index in [2.05, 4.69) is 28.4 Å². The molecule has 0 aliphatic rings. The van der Waals surface area contributed by atoms with Gasteiger partial charge in [-0.15, -0.1) is 11.3 Å². The standard InChI is InChI=1S/C13H17N3OS/c1-4-16(8-11-6-5-7-18-11)13-12(9-17)10(2)14-15(13)3/h5-7,9H,4,8H2,1-3H3. The molecule has 0 spiro atoms. The summed E-state index contributed by atoms with van der Waals surface area (Å²) >= 11 is 1.73. The van der Waals surface area contributed by atoms with Gasteiger partial charge in [-0.25, -0.2) is 0 Å². The Hall–Kier alpha value is -1.62. The molecule has 0 bridgehead atoms. The maximum Gasteiger partial charge on any atom is 0.155 e. The first-order valence-corrected chi connectivity index (χ1v) is 6.81. The summed E-state index contributed by atoms with van der Waals surface area (Å²) in [6, 6.07) is 4.15. The molecule has 2 aromatic heterocycles. The molecule has 0 aliphatic heterocycles. The molecule has 0 fully saturated rings. The maximum absolute atomic E-state index is 11.2. The molecule has 2 rings (SSSR count). The first-order chi connectivity index (χ1) is 8.67. The number of hydrogen-bond acceptors (Lipinski definition) is 4. The Morgan fingerprint density at radius 1 is 1.56 bits per heavy atom. The Bertz CT molecular complexity index is 531. The molecule has 0 aromatic carbocycles. The van der Waals surface area contributed by atoms with Crippen LogP contribution in [0.2, 0.25) is 0 Å². The zero-order chi connectivity index (χ0) is 13.1. The highest BCUT2D eigenvalue weighted by Crippen LogP contribution is 2.24. The lowest BCUT2D eigenvalue weighted by Crippen LogP contribution is -2.25. The van der Waals surface area contributed by atoms with Gasteiger partial charge in [-0.3, -0.25) is 9.48 Å². The first-order valence-electron chi connectivity index (χ1n) is 5.93. The van der Waals surface area contributed by atoms with E-state index in [-0.39, 0.29) is 0 Å².